The standard InChI is InChI=1S/C8H6FO2/c1-11-8(10)6-3-2-4-7(9)5-6/h2-3,5H,1H3. The number of carbonyl (C=O) groups excluding carboxylic acids is 1. The molecule has 0 spiro atoms. The van der Waals surface area contributed by atoms with Crippen LogP contribution in [0.5, 0.6) is 0 Å². The van der Waals surface area contributed by atoms with Crippen molar-refractivity contribution >= 4 is 5.97 Å². The number of methoxy groups -OCH3 is 1. The average Bonchev–Trinajstić information content (AvgIpc) is 2.03. The third kappa shape index (κ3) is 1.77. The zero-order chi connectivity index (χ0) is 8.27. The maximum absolute atomic E-state index is 12.4. The van der Waals surface area contributed by atoms with Gasteiger partial charge in [0.2, 0.25) is 0 Å². The molecule has 0 aliphatic rings. The predicted octanol–water partition coefficient (Wildman–Crippen LogP) is 1.41. The van der Waals surface area contributed by atoms with Crippen LogP contribution in [0.4, 0.5) is 4.39 Å². The van der Waals surface area contributed by atoms with E-state index in [1.54, 1.807) is 0 Å². The fourth-order valence-corrected chi connectivity index (χ4v) is 0.682. The third-order valence-electron chi connectivity index (χ3n) is 1.19. The number of halogens is 1. The van der Waals surface area contributed by atoms with Gasteiger partial charge in [0.25, 0.3) is 0 Å². The van der Waals surface area contributed by atoms with Crippen LogP contribution in [-0.2, 0) is 4.74 Å². The zero-order valence-corrected chi connectivity index (χ0v) is 5.93. The van der Waals surface area contributed by atoms with Crippen LogP contribution < -0.4 is 0 Å². The molecule has 11 heavy (non-hydrogen) atoms. The second kappa shape index (κ2) is 3.14. The molecule has 0 aliphatic heterocycles. The van der Waals surface area contributed by atoms with Crippen molar-refractivity contribution in [2.24, 2.45) is 0 Å². The Bertz CT molecular complexity index is 271. The van der Waals surface area contributed by atoms with Gasteiger partial charge in [0.05, 0.1) is 12.7 Å². The van der Waals surface area contributed by atoms with Crippen molar-refractivity contribution in [2.75, 3.05) is 7.11 Å². The number of carbonyl (C=O) groups is 1. The molecule has 1 aromatic carbocycles. The Morgan fingerprint density at radius 2 is 2.45 bits per heavy atom. The van der Waals surface area contributed by atoms with Gasteiger partial charge in [-0.25, -0.2) is 9.18 Å². The van der Waals surface area contributed by atoms with E-state index in [0.717, 1.165) is 6.07 Å². The van der Waals surface area contributed by atoms with Crippen molar-refractivity contribution in [3.8, 4) is 0 Å². The fraction of sp³-hybridized carbons (Fsp3) is 0.125. The van der Waals surface area contributed by atoms with Gasteiger partial charge in [-0.1, -0.05) is 6.07 Å². The summed E-state index contributed by atoms with van der Waals surface area (Å²) in [7, 11) is 1.25. The molecule has 0 bridgehead atoms. The van der Waals surface area contributed by atoms with Crippen LogP contribution in [0.3, 0.4) is 0 Å². The minimum Gasteiger partial charge on any atom is -0.465 e. The van der Waals surface area contributed by atoms with Crippen molar-refractivity contribution < 1.29 is 13.9 Å². The van der Waals surface area contributed by atoms with Gasteiger partial charge in [0, 0.05) is 6.07 Å². The van der Waals surface area contributed by atoms with Crippen molar-refractivity contribution in [3.05, 3.63) is 35.6 Å². The molecule has 0 amide bonds. The van der Waals surface area contributed by atoms with Crippen LogP contribution in [0.25, 0.3) is 0 Å². The number of benzene rings is 1. The average molecular weight is 153 g/mol. The first-order chi connectivity index (χ1) is 5.24. The van der Waals surface area contributed by atoms with E-state index in [4.69, 9.17) is 0 Å². The van der Waals surface area contributed by atoms with E-state index in [1.165, 1.54) is 19.2 Å². The SMILES string of the molecule is COC(=O)c1cc[c]c(F)c1. The van der Waals surface area contributed by atoms with E-state index in [0.29, 0.717) is 0 Å². The molecule has 0 unspecified atom stereocenters. The zero-order valence-electron chi connectivity index (χ0n) is 5.93. The number of esters is 1. The summed E-state index contributed by atoms with van der Waals surface area (Å²) in [6, 6.07) is 6.13. The van der Waals surface area contributed by atoms with Crippen molar-refractivity contribution in [1.29, 1.82) is 0 Å². The molecule has 1 rings (SSSR count). The van der Waals surface area contributed by atoms with Crippen molar-refractivity contribution in [1.82, 2.24) is 0 Å². The molecule has 0 aliphatic carbocycles. The highest BCUT2D eigenvalue weighted by Crippen LogP contribution is 2.03. The van der Waals surface area contributed by atoms with Crippen LogP contribution in [0.1, 0.15) is 10.4 Å². The van der Waals surface area contributed by atoms with Gasteiger partial charge >= 0.3 is 5.97 Å². The minimum absolute atomic E-state index is 0.198. The van der Waals surface area contributed by atoms with E-state index >= 15 is 0 Å². The van der Waals surface area contributed by atoms with E-state index in [9.17, 15) is 9.18 Å². The van der Waals surface area contributed by atoms with Crippen LogP contribution in [-0.4, -0.2) is 13.1 Å². The summed E-state index contributed by atoms with van der Waals surface area (Å²) in [5.41, 5.74) is 0.198. The summed E-state index contributed by atoms with van der Waals surface area (Å²) in [4.78, 5) is 10.8. The lowest BCUT2D eigenvalue weighted by Gasteiger charge is -1.96. The van der Waals surface area contributed by atoms with Gasteiger partial charge in [-0.3, -0.25) is 0 Å². The van der Waals surface area contributed by atoms with E-state index in [-0.39, 0.29) is 5.56 Å². The molecular weight excluding hydrogens is 147 g/mol. The van der Waals surface area contributed by atoms with Gasteiger partial charge in [-0.05, 0) is 12.1 Å². The number of rotatable bonds is 1. The summed E-state index contributed by atoms with van der Waals surface area (Å²) >= 11 is 0. The minimum atomic E-state index is -0.562. The van der Waals surface area contributed by atoms with Gasteiger partial charge < -0.3 is 4.74 Å². The lowest BCUT2D eigenvalue weighted by atomic mass is 10.2. The van der Waals surface area contributed by atoms with E-state index in [2.05, 4.69) is 10.8 Å². The molecular formula is C8H6FO2. The monoisotopic (exact) mass is 153 g/mol. The summed E-state index contributed by atoms with van der Waals surface area (Å²) in [6.45, 7) is 0. The molecule has 0 heterocycles. The second-order valence-corrected chi connectivity index (χ2v) is 1.92. The topological polar surface area (TPSA) is 26.3 Å². The first kappa shape index (κ1) is 7.72. The highest BCUT2D eigenvalue weighted by Gasteiger charge is 2.04. The Labute approximate surface area is 63.6 Å². The molecule has 1 radical (unpaired) electrons. The molecule has 1 aromatic rings. The predicted molar refractivity (Wildman–Crippen MR) is 36.6 cm³/mol. The Kier molecular flexibility index (Phi) is 2.21. The molecule has 57 valence electrons. The maximum Gasteiger partial charge on any atom is 0.337 e. The highest BCUT2D eigenvalue weighted by atomic mass is 19.1. The van der Waals surface area contributed by atoms with Gasteiger partial charge in [-0.2, -0.15) is 0 Å². The Balaban J connectivity index is 2.96. The molecule has 2 nitrogen and oxygen atoms in total. The molecule has 0 atom stereocenters. The lowest BCUT2D eigenvalue weighted by molar-refractivity contribution is 0.0600. The number of hydrogen-bond donors (Lipinski definition) is 0. The van der Waals surface area contributed by atoms with Gasteiger partial charge in [0.1, 0.15) is 5.82 Å². The largest absolute Gasteiger partial charge is 0.465 e. The first-order valence-electron chi connectivity index (χ1n) is 2.99. The summed E-state index contributed by atoms with van der Waals surface area (Å²) in [5, 5.41) is 0. The highest BCUT2D eigenvalue weighted by molar-refractivity contribution is 5.89. The number of hydrogen-bond acceptors (Lipinski definition) is 2. The molecule has 0 saturated carbocycles. The molecule has 0 aromatic heterocycles. The summed E-state index contributed by atoms with van der Waals surface area (Å²) in [5.74, 6) is -1.11. The summed E-state index contributed by atoms with van der Waals surface area (Å²) < 4.78 is 16.8. The smallest absolute Gasteiger partial charge is 0.337 e. The Morgan fingerprint density at radius 1 is 1.73 bits per heavy atom. The quantitative estimate of drug-likeness (QED) is 0.570. The van der Waals surface area contributed by atoms with Gasteiger partial charge in [0.15, 0.2) is 0 Å². The first-order valence-corrected chi connectivity index (χ1v) is 2.99. The second-order valence-electron chi connectivity index (χ2n) is 1.92. The van der Waals surface area contributed by atoms with Crippen LogP contribution >= 0.6 is 0 Å². The maximum atomic E-state index is 12.4. The van der Waals surface area contributed by atoms with Crippen molar-refractivity contribution in [2.45, 2.75) is 0 Å². The molecule has 3 heteroatoms. The number of ether oxygens (including phenoxy) is 1. The summed E-state index contributed by atoms with van der Waals surface area (Å²) in [6.07, 6.45) is 0. The van der Waals surface area contributed by atoms with E-state index in [1.807, 2.05) is 0 Å². The third-order valence-corrected chi connectivity index (χ3v) is 1.19. The molecule has 0 N–H and O–H groups in total. The Morgan fingerprint density at radius 3 is 3.00 bits per heavy atom. The van der Waals surface area contributed by atoms with E-state index < -0.39 is 11.8 Å². The van der Waals surface area contributed by atoms with Crippen LogP contribution in [0.2, 0.25) is 0 Å². The molecule has 0 saturated heterocycles. The lowest BCUT2D eigenvalue weighted by Crippen LogP contribution is -2.00. The normalized spacial score (nSPS) is 9.27. The molecule has 0 fully saturated rings. The van der Waals surface area contributed by atoms with Crippen LogP contribution in [0, 0.1) is 11.9 Å². The van der Waals surface area contributed by atoms with Crippen LogP contribution in [0.15, 0.2) is 18.2 Å². The fourth-order valence-electron chi connectivity index (χ4n) is 0.682. The van der Waals surface area contributed by atoms with Gasteiger partial charge in [-0.15, -0.1) is 0 Å². The van der Waals surface area contributed by atoms with Crippen molar-refractivity contribution in [3.63, 3.8) is 0 Å². The Hall–Kier alpha value is -1.38.